The minimum absolute atomic E-state index is 0.0594. The number of nitrogens with one attached hydrogen (secondary N) is 2. The van der Waals surface area contributed by atoms with Gasteiger partial charge in [-0.15, -0.1) is 0 Å². The minimum Gasteiger partial charge on any atom is -0.379 e. The maximum Gasteiger partial charge on any atom is 0.319 e. The molecule has 1 unspecified atom stereocenters. The summed E-state index contributed by atoms with van der Waals surface area (Å²) in [5, 5.41) is 6.80. The predicted octanol–water partition coefficient (Wildman–Crippen LogP) is 3.57. The van der Waals surface area contributed by atoms with E-state index in [9.17, 15) is 9.18 Å². The van der Waals surface area contributed by atoms with E-state index < -0.39 is 0 Å². The van der Waals surface area contributed by atoms with Crippen LogP contribution in [0, 0.1) is 5.82 Å². The Kier molecular flexibility index (Phi) is 5.97. The molecule has 0 radical (unpaired) electrons. The van der Waals surface area contributed by atoms with E-state index in [4.69, 9.17) is 4.74 Å². The molecule has 7 heteroatoms. The topological polar surface area (TPSA) is 66.5 Å². The number of aromatic nitrogens is 1. The Morgan fingerprint density at radius 3 is 2.66 bits per heavy atom. The zero-order chi connectivity index (χ0) is 20.1. The van der Waals surface area contributed by atoms with Crippen molar-refractivity contribution in [3.8, 4) is 0 Å². The summed E-state index contributed by atoms with van der Waals surface area (Å²) in [5.74, 6) is -0.274. The molecule has 0 spiro atoms. The van der Waals surface area contributed by atoms with E-state index in [1.54, 1.807) is 18.3 Å². The van der Waals surface area contributed by atoms with E-state index in [0.29, 0.717) is 25.4 Å². The van der Waals surface area contributed by atoms with Crippen molar-refractivity contribution >= 4 is 22.6 Å². The van der Waals surface area contributed by atoms with Crippen LogP contribution in [0.2, 0.25) is 0 Å². The fourth-order valence-electron chi connectivity index (χ4n) is 3.59. The normalized spacial score (nSPS) is 15.8. The number of hydrogen-bond donors (Lipinski definition) is 2. The molecule has 1 aromatic heterocycles. The van der Waals surface area contributed by atoms with E-state index >= 15 is 0 Å². The maximum atomic E-state index is 13.4. The molecule has 1 aliphatic rings. The number of amides is 2. The molecule has 150 valence electrons. The van der Waals surface area contributed by atoms with E-state index in [2.05, 4.69) is 20.5 Å². The number of urea groups is 1. The summed E-state index contributed by atoms with van der Waals surface area (Å²) in [5.41, 5.74) is 2.36. The third kappa shape index (κ3) is 4.70. The van der Waals surface area contributed by atoms with Gasteiger partial charge in [-0.2, -0.15) is 0 Å². The summed E-state index contributed by atoms with van der Waals surface area (Å²) >= 11 is 0. The lowest BCUT2D eigenvalue weighted by Gasteiger charge is -2.35. The maximum absolute atomic E-state index is 13.4. The molecule has 0 aliphatic carbocycles. The van der Waals surface area contributed by atoms with Gasteiger partial charge >= 0.3 is 6.03 Å². The smallest absolute Gasteiger partial charge is 0.319 e. The largest absolute Gasteiger partial charge is 0.379 e. The van der Waals surface area contributed by atoms with Crippen molar-refractivity contribution in [2.45, 2.75) is 6.04 Å². The Bertz CT molecular complexity index is 969. The fraction of sp³-hybridized carbons (Fsp3) is 0.273. The lowest BCUT2D eigenvalue weighted by atomic mass is 10.0. The quantitative estimate of drug-likeness (QED) is 0.694. The number of halogens is 1. The Morgan fingerprint density at radius 1 is 1.10 bits per heavy atom. The lowest BCUT2D eigenvalue weighted by Crippen LogP contribution is -2.44. The van der Waals surface area contributed by atoms with Crippen molar-refractivity contribution in [1.29, 1.82) is 0 Å². The van der Waals surface area contributed by atoms with Crippen molar-refractivity contribution in [2.24, 2.45) is 0 Å². The molecule has 0 bridgehead atoms. The first-order chi connectivity index (χ1) is 14.2. The number of benzene rings is 2. The summed E-state index contributed by atoms with van der Waals surface area (Å²) in [6.45, 7) is 3.21. The first-order valence-electron chi connectivity index (χ1n) is 9.66. The number of nitrogens with zero attached hydrogens (tertiary/aromatic N) is 2. The molecule has 0 saturated carbocycles. The third-order valence-electron chi connectivity index (χ3n) is 5.08. The van der Waals surface area contributed by atoms with Crippen LogP contribution in [0.15, 0.2) is 60.8 Å². The number of carbonyl (C=O) groups excluding carboxylic acids is 1. The molecule has 1 aliphatic heterocycles. The number of carbonyl (C=O) groups is 1. The Hall–Kier alpha value is -3.03. The standard InChI is InChI=1S/C22H23FN4O2/c23-18-8-6-16(7-9-18)20(27-11-13-29-14-12-27)15-25-22(28)26-19-5-1-3-17-4-2-10-24-21(17)19/h1-10,20H,11-15H2,(H2,25,26,28). The molecule has 2 heterocycles. The Labute approximate surface area is 168 Å². The molecule has 1 saturated heterocycles. The van der Waals surface area contributed by atoms with Crippen molar-refractivity contribution in [3.63, 3.8) is 0 Å². The van der Waals surface area contributed by atoms with Crippen molar-refractivity contribution in [2.75, 3.05) is 38.2 Å². The Balaban J connectivity index is 1.46. The molecular weight excluding hydrogens is 371 g/mol. The zero-order valence-corrected chi connectivity index (χ0v) is 16.0. The number of fused-ring (bicyclic) bond motifs is 1. The first kappa shape index (κ1) is 19.3. The fourth-order valence-corrected chi connectivity index (χ4v) is 3.59. The minimum atomic E-state index is -0.302. The van der Waals surface area contributed by atoms with Crippen LogP contribution >= 0.6 is 0 Å². The van der Waals surface area contributed by atoms with Gasteiger partial charge in [0.15, 0.2) is 0 Å². The third-order valence-corrected chi connectivity index (χ3v) is 5.08. The summed E-state index contributed by atoms with van der Waals surface area (Å²) < 4.78 is 18.8. The van der Waals surface area contributed by atoms with E-state index in [1.165, 1.54) is 12.1 Å². The lowest BCUT2D eigenvalue weighted by molar-refractivity contribution is 0.0167. The van der Waals surface area contributed by atoms with Gasteiger partial charge in [0.05, 0.1) is 30.5 Å². The van der Waals surface area contributed by atoms with Crippen LogP contribution in [-0.2, 0) is 4.74 Å². The van der Waals surface area contributed by atoms with Gasteiger partial charge in [0.2, 0.25) is 0 Å². The highest BCUT2D eigenvalue weighted by Crippen LogP contribution is 2.23. The van der Waals surface area contributed by atoms with Crippen molar-refractivity contribution in [3.05, 3.63) is 72.2 Å². The van der Waals surface area contributed by atoms with E-state index in [1.807, 2.05) is 30.3 Å². The summed E-state index contributed by atoms with van der Waals surface area (Å²) in [7, 11) is 0. The number of rotatable bonds is 5. The number of pyridine rings is 1. The van der Waals surface area contributed by atoms with Crippen LogP contribution in [0.1, 0.15) is 11.6 Å². The zero-order valence-electron chi connectivity index (χ0n) is 16.0. The molecule has 29 heavy (non-hydrogen) atoms. The number of morpholine rings is 1. The second kappa shape index (κ2) is 8.98. The monoisotopic (exact) mass is 394 g/mol. The number of ether oxygens (including phenoxy) is 1. The molecule has 6 nitrogen and oxygen atoms in total. The summed E-state index contributed by atoms with van der Waals surface area (Å²) in [6.07, 6.45) is 1.70. The predicted molar refractivity (Wildman–Crippen MR) is 110 cm³/mol. The number of para-hydroxylation sites is 1. The Morgan fingerprint density at radius 2 is 1.86 bits per heavy atom. The summed E-state index contributed by atoms with van der Waals surface area (Å²) in [6, 6.07) is 15.6. The number of anilines is 1. The second-order valence-electron chi connectivity index (χ2n) is 6.93. The molecule has 2 amide bonds. The highest BCUT2D eigenvalue weighted by molar-refractivity contribution is 5.99. The van der Waals surface area contributed by atoms with Crippen molar-refractivity contribution in [1.82, 2.24) is 15.2 Å². The highest BCUT2D eigenvalue weighted by atomic mass is 19.1. The van der Waals surface area contributed by atoms with Crippen LogP contribution in [0.3, 0.4) is 0 Å². The molecule has 1 fully saturated rings. The molecule has 4 rings (SSSR count). The molecule has 1 atom stereocenters. The average Bonchev–Trinajstić information content (AvgIpc) is 2.76. The van der Waals surface area contributed by atoms with Crippen molar-refractivity contribution < 1.29 is 13.9 Å². The van der Waals surface area contributed by atoms with Gasteiger partial charge in [0.1, 0.15) is 5.82 Å². The average molecular weight is 394 g/mol. The van der Waals surface area contributed by atoms with Crippen LogP contribution in [0.25, 0.3) is 10.9 Å². The first-order valence-corrected chi connectivity index (χ1v) is 9.66. The van der Waals surface area contributed by atoms with E-state index in [-0.39, 0.29) is 17.9 Å². The van der Waals surface area contributed by atoms with Gasteiger partial charge in [0, 0.05) is 31.2 Å². The molecule has 2 aromatic carbocycles. The summed E-state index contributed by atoms with van der Waals surface area (Å²) in [4.78, 5) is 19.2. The highest BCUT2D eigenvalue weighted by Gasteiger charge is 2.23. The van der Waals surface area contributed by atoms with Crippen LogP contribution in [-0.4, -0.2) is 48.8 Å². The molecule has 3 aromatic rings. The van der Waals surface area contributed by atoms with Gasteiger partial charge in [-0.1, -0.05) is 30.3 Å². The van der Waals surface area contributed by atoms with E-state index in [0.717, 1.165) is 29.6 Å². The van der Waals surface area contributed by atoms with Gasteiger partial charge in [0.25, 0.3) is 0 Å². The SMILES string of the molecule is O=C(NCC(c1ccc(F)cc1)N1CCOCC1)Nc1cccc2cccnc12. The number of hydrogen-bond acceptors (Lipinski definition) is 4. The van der Waals surface area contributed by atoms with Gasteiger partial charge in [-0.05, 0) is 29.8 Å². The van der Waals surface area contributed by atoms with Crippen LogP contribution in [0.5, 0.6) is 0 Å². The van der Waals surface area contributed by atoms with Gasteiger partial charge < -0.3 is 15.4 Å². The second-order valence-corrected chi connectivity index (χ2v) is 6.93. The van der Waals surface area contributed by atoms with Crippen LogP contribution in [0.4, 0.5) is 14.9 Å². The molecular formula is C22H23FN4O2. The van der Waals surface area contributed by atoms with Gasteiger partial charge in [-0.3, -0.25) is 9.88 Å². The molecule has 2 N–H and O–H groups in total. The van der Waals surface area contributed by atoms with Gasteiger partial charge in [-0.25, -0.2) is 9.18 Å². The van der Waals surface area contributed by atoms with Crippen LogP contribution < -0.4 is 10.6 Å².